The summed E-state index contributed by atoms with van der Waals surface area (Å²) in [6.45, 7) is 6.12. The zero-order chi connectivity index (χ0) is 16.8. The lowest BCUT2D eigenvalue weighted by molar-refractivity contribution is -0.138. The fourth-order valence-electron chi connectivity index (χ4n) is 2.48. The Morgan fingerprint density at radius 3 is 2.83 bits per heavy atom. The molecule has 1 unspecified atom stereocenters. The normalized spacial score (nSPS) is 17.5. The number of carbonyl (C=O) groups is 2. The molecule has 124 valence electrons. The van der Waals surface area contributed by atoms with Crippen LogP contribution in [0.25, 0.3) is 0 Å². The molecule has 6 heteroatoms. The molecule has 0 radical (unpaired) electrons. The molecule has 1 atom stereocenters. The van der Waals surface area contributed by atoms with Crippen LogP contribution in [-0.4, -0.2) is 30.1 Å². The van der Waals surface area contributed by atoms with Crippen molar-refractivity contribution in [3.8, 4) is 0 Å². The topological polar surface area (TPSA) is 67.4 Å². The lowest BCUT2D eigenvalue weighted by Gasteiger charge is -2.28. The van der Waals surface area contributed by atoms with Crippen molar-refractivity contribution in [3.05, 3.63) is 46.7 Å². The minimum absolute atomic E-state index is 0.313. The standard InChI is InChI=1S/C17H22N2O3S/c1-4-23-9-8-22-16(20)14-12(3)18-17(21)19-15(14)13-7-5-6-11(2)10-13/h5-7,10,15H,4,8-9H2,1-3H3,(H2,18,19,21). The minimum Gasteiger partial charge on any atom is -0.461 e. The van der Waals surface area contributed by atoms with Gasteiger partial charge in [-0.3, -0.25) is 0 Å². The maximum Gasteiger partial charge on any atom is 0.338 e. The lowest BCUT2D eigenvalue weighted by Crippen LogP contribution is -2.45. The molecule has 1 aromatic carbocycles. The third kappa shape index (κ3) is 4.51. The lowest BCUT2D eigenvalue weighted by atomic mass is 9.94. The molecule has 0 aliphatic carbocycles. The highest BCUT2D eigenvalue weighted by atomic mass is 32.2. The molecule has 0 spiro atoms. The van der Waals surface area contributed by atoms with Crippen molar-refractivity contribution in [2.24, 2.45) is 0 Å². The molecule has 0 fully saturated rings. The number of aryl methyl sites for hydroxylation is 1. The van der Waals surface area contributed by atoms with Gasteiger partial charge in [0, 0.05) is 11.4 Å². The smallest absolute Gasteiger partial charge is 0.338 e. The summed E-state index contributed by atoms with van der Waals surface area (Å²) >= 11 is 1.72. The van der Waals surface area contributed by atoms with E-state index in [1.54, 1.807) is 18.7 Å². The molecule has 0 aromatic heterocycles. The Bertz CT molecular complexity index is 628. The van der Waals surface area contributed by atoms with Gasteiger partial charge in [-0.2, -0.15) is 11.8 Å². The number of hydrogen-bond donors (Lipinski definition) is 2. The number of nitrogens with one attached hydrogen (secondary N) is 2. The van der Waals surface area contributed by atoms with Crippen LogP contribution in [0.4, 0.5) is 4.79 Å². The fourth-order valence-corrected chi connectivity index (χ4v) is 2.97. The highest BCUT2D eigenvalue weighted by Gasteiger charge is 2.32. The third-order valence-electron chi connectivity index (χ3n) is 3.53. The van der Waals surface area contributed by atoms with Crippen molar-refractivity contribution >= 4 is 23.8 Å². The number of rotatable bonds is 6. The van der Waals surface area contributed by atoms with Crippen LogP contribution in [0, 0.1) is 6.92 Å². The molecular formula is C17H22N2O3S. The zero-order valence-electron chi connectivity index (χ0n) is 13.6. The Balaban J connectivity index is 2.22. The number of benzene rings is 1. The molecule has 23 heavy (non-hydrogen) atoms. The molecule has 1 heterocycles. The summed E-state index contributed by atoms with van der Waals surface area (Å²) in [4.78, 5) is 24.3. The van der Waals surface area contributed by atoms with Gasteiger partial charge >= 0.3 is 12.0 Å². The summed E-state index contributed by atoms with van der Waals surface area (Å²) in [5.74, 6) is 1.37. The first kappa shape index (κ1) is 17.4. The van der Waals surface area contributed by atoms with Crippen LogP contribution in [0.2, 0.25) is 0 Å². The average Bonchev–Trinajstić information content (AvgIpc) is 2.50. The Kier molecular flexibility index (Phi) is 6.10. The molecule has 2 amide bonds. The van der Waals surface area contributed by atoms with Crippen LogP contribution in [0.15, 0.2) is 35.5 Å². The number of carbonyl (C=O) groups excluding carboxylic acids is 2. The molecular weight excluding hydrogens is 312 g/mol. The summed E-state index contributed by atoms with van der Waals surface area (Å²) in [6, 6.07) is 6.94. The van der Waals surface area contributed by atoms with Gasteiger partial charge in [0.25, 0.3) is 0 Å². The quantitative estimate of drug-likeness (QED) is 0.620. The number of hydrogen-bond acceptors (Lipinski definition) is 4. The van der Waals surface area contributed by atoms with Gasteiger partial charge in [0.15, 0.2) is 0 Å². The first-order chi connectivity index (χ1) is 11.0. The first-order valence-electron chi connectivity index (χ1n) is 7.62. The van der Waals surface area contributed by atoms with Crippen LogP contribution in [0.3, 0.4) is 0 Å². The summed E-state index contributed by atoms with van der Waals surface area (Å²) in [7, 11) is 0. The molecule has 1 aromatic rings. The molecule has 2 N–H and O–H groups in total. The number of urea groups is 1. The van der Waals surface area contributed by atoms with Crippen LogP contribution in [-0.2, 0) is 9.53 Å². The number of allylic oxidation sites excluding steroid dienone is 1. The van der Waals surface area contributed by atoms with E-state index in [0.29, 0.717) is 17.9 Å². The van der Waals surface area contributed by atoms with Crippen LogP contribution in [0.1, 0.15) is 31.0 Å². The Labute approximate surface area is 140 Å². The van der Waals surface area contributed by atoms with Gasteiger partial charge in [0.1, 0.15) is 6.61 Å². The number of ether oxygens (including phenoxy) is 1. The van der Waals surface area contributed by atoms with Gasteiger partial charge in [0.2, 0.25) is 0 Å². The second kappa shape index (κ2) is 8.06. The van der Waals surface area contributed by atoms with Crippen molar-refractivity contribution in [1.29, 1.82) is 0 Å². The van der Waals surface area contributed by atoms with Gasteiger partial charge in [-0.15, -0.1) is 0 Å². The number of thioether (sulfide) groups is 1. The summed E-state index contributed by atoms with van der Waals surface area (Å²) in [5.41, 5.74) is 2.93. The average molecular weight is 334 g/mol. The van der Waals surface area contributed by atoms with Crippen molar-refractivity contribution in [1.82, 2.24) is 10.6 Å². The van der Waals surface area contributed by atoms with Gasteiger partial charge in [0.05, 0.1) is 11.6 Å². The van der Waals surface area contributed by atoms with Crippen molar-refractivity contribution in [3.63, 3.8) is 0 Å². The van der Waals surface area contributed by atoms with E-state index in [1.807, 2.05) is 31.2 Å². The Hall–Kier alpha value is -1.95. The van der Waals surface area contributed by atoms with Gasteiger partial charge in [-0.25, -0.2) is 9.59 Å². The van der Waals surface area contributed by atoms with Crippen molar-refractivity contribution < 1.29 is 14.3 Å². The Morgan fingerprint density at radius 1 is 1.35 bits per heavy atom. The van der Waals surface area contributed by atoms with Crippen LogP contribution in [0.5, 0.6) is 0 Å². The van der Waals surface area contributed by atoms with E-state index in [0.717, 1.165) is 22.6 Å². The predicted octanol–water partition coefficient (Wildman–Crippen LogP) is 2.92. The largest absolute Gasteiger partial charge is 0.461 e. The van der Waals surface area contributed by atoms with Crippen molar-refractivity contribution in [2.45, 2.75) is 26.8 Å². The van der Waals surface area contributed by atoms with E-state index >= 15 is 0 Å². The highest BCUT2D eigenvalue weighted by molar-refractivity contribution is 7.99. The third-order valence-corrected chi connectivity index (χ3v) is 4.39. The summed E-state index contributed by atoms with van der Waals surface area (Å²) < 4.78 is 5.36. The zero-order valence-corrected chi connectivity index (χ0v) is 14.5. The second-order valence-corrected chi connectivity index (χ2v) is 6.71. The van der Waals surface area contributed by atoms with Gasteiger partial charge < -0.3 is 15.4 Å². The van der Waals surface area contributed by atoms with E-state index in [4.69, 9.17) is 4.74 Å². The van der Waals surface area contributed by atoms with E-state index < -0.39 is 12.0 Å². The Morgan fingerprint density at radius 2 is 2.13 bits per heavy atom. The predicted molar refractivity (Wildman–Crippen MR) is 92.2 cm³/mol. The fraction of sp³-hybridized carbons (Fsp3) is 0.412. The monoisotopic (exact) mass is 334 g/mol. The summed E-state index contributed by atoms with van der Waals surface area (Å²) in [6.07, 6.45) is 0. The van der Waals surface area contributed by atoms with Crippen LogP contribution < -0.4 is 10.6 Å². The summed E-state index contributed by atoms with van der Waals surface area (Å²) in [5, 5.41) is 5.46. The van der Waals surface area contributed by atoms with Gasteiger partial charge in [-0.1, -0.05) is 36.8 Å². The van der Waals surface area contributed by atoms with Gasteiger partial charge in [-0.05, 0) is 25.2 Å². The molecule has 0 saturated carbocycles. The van der Waals surface area contributed by atoms with E-state index in [-0.39, 0.29) is 6.03 Å². The molecule has 1 aliphatic rings. The second-order valence-electron chi connectivity index (χ2n) is 5.32. The number of amides is 2. The van der Waals surface area contributed by atoms with E-state index in [2.05, 4.69) is 17.6 Å². The minimum atomic E-state index is -0.491. The molecule has 0 saturated heterocycles. The maximum absolute atomic E-state index is 12.5. The molecule has 2 rings (SSSR count). The van der Waals surface area contributed by atoms with Crippen molar-refractivity contribution in [2.75, 3.05) is 18.1 Å². The number of esters is 1. The van der Waals surface area contributed by atoms with E-state index in [9.17, 15) is 9.59 Å². The highest BCUT2D eigenvalue weighted by Crippen LogP contribution is 2.28. The van der Waals surface area contributed by atoms with E-state index in [1.165, 1.54) is 0 Å². The maximum atomic E-state index is 12.5. The molecule has 1 aliphatic heterocycles. The molecule has 5 nitrogen and oxygen atoms in total. The SMILES string of the molecule is CCSCCOC(=O)C1=C(C)NC(=O)NC1c1cccc(C)c1. The van der Waals surface area contributed by atoms with Crippen LogP contribution >= 0.6 is 11.8 Å². The molecule has 0 bridgehead atoms. The first-order valence-corrected chi connectivity index (χ1v) is 8.78.